The fraction of sp³-hybridized carbons (Fsp3) is 0.357. The number of dihydropyridines is 1. The number of benzene rings is 2. The summed E-state index contributed by atoms with van der Waals surface area (Å²) in [6, 6.07) is 16.2. The Kier molecular flexibility index (Phi) is 5.88. The number of hydrogen-bond acceptors (Lipinski definition) is 4. The van der Waals surface area contributed by atoms with Crippen LogP contribution in [0.2, 0.25) is 0 Å². The Labute approximate surface area is 193 Å². The number of carbonyl (C=O) groups excluding carboxylic acids is 2. The second-order valence-electron chi connectivity index (χ2n) is 9.29. The molecular formula is C28H28FNO3. The van der Waals surface area contributed by atoms with Gasteiger partial charge in [-0.05, 0) is 68.2 Å². The lowest BCUT2D eigenvalue weighted by Crippen LogP contribution is -2.36. The first-order valence-corrected chi connectivity index (χ1v) is 11.8. The third-order valence-electron chi connectivity index (χ3n) is 7.08. The summed E-state index contributed by atoms with van der Waals surface area (Å²) in [4.78, 5) is 26.9. The van der Waals surface area contributed by atoms with E-state index in [1.165, 1.54) is 12.1 Å². The SMILES string of the molecule is CC1=C(C(=O)OC2CCCC2)[C@@H](c2cccc(F)c2)C2=C(C[C@H](c3ccccc3)CC2=O)N1. The molecule has 2 aromatic carbocycles. The normalized spacial score (nSPS) is 23.4. The van der Waals surface area contributed by atoms with Gasteiger partial charge in [0.05, 0.1) is 5.57 Å². The summed E-state index contributed by atoms with van der Waals surface area (Å²) < 4.78 is 20.1. The second kappa shape index (κ2) is 8.97. The number of ketones is 1. The van der Waals surface area contributed by atoms with Crippen LogP contribution in [-0.4, -0.2) is 17.9 Å². The maximum atomic E-state index is 14.2. The monoisotopic (exact) mass is 445 g/mol. The van der Waals surface area contributed by atoms with Gasteiger partial charge in [-0.3, -0.25) is 4.79 Å². The van der Waals surface area contributed by atoms with Crippen LogP contribution in [0.4, 0.5) is 4.39 Å². The van der Waals surface area contributed by atoms with Crippen LogP contribution >= 0.6 is 0 Å². The van der Waals surface area contributed by atoms with E-state index in [-0.39, 0.29) is 23.6 Å². The van der Waals surface area contributed by atoms with Gasteiger partial charge in [0, 0.05) is 29.3 Å². The number of carbonyl (C=O) groups is 2. The van der Waals surface area contributed by atoms with Crippen molar-refractivity contribution < 1.29 is 18.7 Å². The molecule has 0 saturated heterocycles. The molecule has 33 heavy (non-hydrogen) atoms. The van der Waals surface area contributed by atoms with Crippen molar-refractivity contribution >= 4 is 11.8 Å². The van der Waals surface area contributed by atoms with Crippen molar-refractivity contribution in [3.63, 3.8) is 0 Å². The molecule has 2 aliphatic carbocycles. The first kappa shape index (κ1) is 21.6. The van der Waals surface area contributed by atoms with E-state index in [0.29, 0.717) is 35.2 Å². The molecule has 5 heteroatoms. The third-order valence-corrected chi connectivity index (χ3v) is 7.08. The highest BCUT2D eigenvalue weighted by atomic mass is 19.1. The highest BCUT2D eigenvalue weighted by Gasteiger charge is 2.42. The molecule has 3 aliphatic rings. The summed E-state index contributed by atoms with van der Waals surface area (Å²) in [6.07, 6.45) is 4.76. The quantitative estimate of drug-likeness (QED) is 0.616. The minimum absolute atomic E-state index is 0.00877. The molecule has 170 valence electrons. The third kappa shape index (κ3) is 4.24. The molecule has 0 bridgehead atoms. The first-order chi connectivity index (χ1) is 16.0. The van der Waals surface area contributed by atoms with Gasteiger partial charge in [-0.1, -0.05) is 42.5 Å². The zero-order chi connectivity index (χ0) is 22.9. The van der Waals surface area contributed by atoms with Crippen LogP contribution in [0.1, 0.15) is 68.4 Å². The van der Waals surface area contributed by atoms with E-state index >= 15 is 0 Å². The first-order valence-electron chi connectivity index (χ1n) is 11.8. The summed E-state index contributed by atoms with van der Waals surface area (Å²) in [5.74, 6) is -1.37. The molecule has 0 aromatic heterocycles. The summed E-state index contributed by atoms with van der Waals surface area (Å²) >= 11 is 0. The molecule has 1 aliphatic heterocycles. The molecule has 1 heterocycles. The molecule has 1 saturated carbocycles. The Morgan fingerprint density at radius 3 is 2.45 bits per heavy atom. The molecule has 0 amide bonds. The predicted molar refractivity (Wildman–Crippen MR) is 124 cm³/mol. The van der Waals surface area contributed by atoms with E-state index in [1.807, 2.05) is 37.3 Å². The van der Waals surface area contributed by atoms with Crippen LogP contribution in [0.3, 0.4) is 0 Å². The number of allylic oxidation sites excluding steroid dienone is 3. The smallest absolute Gasteiger partial charge is 0.337 e. The molecule has 1 fully saturated rings. The average molecular weight is 446 g/mol. The van der Waals surface area contributed by atoms with E-state index in [4.69, 9.17) is 4.74 Å². The maximum absolute atomic E-state index is 14.2. The fourth-order valence-electron chi connectivity index (χ4n) is 5.51. The number of ether oxygens (including phenoxy) is 1. The topological polar surface area (TPSA) is 55.4 Å². The Balaban J connectivity index is 1.55. The summed E-state index contributed by atoms with van der Waals surface area (Å²) in [5.41, 5.74) is 4.20. The van der Waals surface area contributed by atoms with Gasteiger partial charge in [0.2, 0.25) is 0 Å². The molecular weight excluding hydrogens is 417 g/mol. The number of rotatable bonds is 4. The minimum Gasteiger partial charge on any atom is -0.459 e. The summed E-state index contributed by atoms with van der Waals surface area (Å²) in [6.45, 7) is 1.85. The van der Waals surface area contributed by atoms with E-state index in [2.05, 4.69) is 5.32 Å². The lowest BCUT2D eigenvalue weighted by atomic mass is 9.71. The molecule has 0 radical (unpaired) electrons. The average Bonchev–Trinajstić information content (AvgIpc) is 3.31. The van der Waals surface area contributed by atoms with Gasteiger partial charge in [0.15, 0.2) is 5.78 Å². The van der Waals surface area contributed by atoms with Crippen molar-refractivity contribution in [1.29, 1.82) is 0 Å². The lowest BCUT2D eigenvalue weighted by molar-refractivity contribution is -0.144. The van der Waals surface area contributed by atoms with Crippen molar-refractivity contribution in [3.8, 4) is 0 Å². The number of halogens is 1. The lowest BCUT2D eigenvalue weighted by Gasteiger charge is -2.37. The molecule has 2 aromatic rings. The standard InChI is InChI=1S/C28H28FNO3/c1-17-25(28(32)33-22-12-5-6-13-22)26(19-10-7-11-21(29)14-19)27-23(30-17)15-20(16-24(27)31)18-8-3-2-4-9-18/h2-4,7-11,14,20,22,26,30H,5-6,12-13,15-16H2,1H3/t20-,26+/m0/s1. The van der Waals surface area contributed by atoms with Gasteiger partial charge < -0.3 is 10.1 Å². The minimum atomic E-state index is -0.630. The van der Waals surface area contributed by atoms with Gasteiger partial charge in [0.25, 0.3) is 0 Å². The van der Waals surface area contributed by atoms with Crippen LogP contribution < -0.4 is 5.32 Å². The molecule has 4 nitrogen and oxygen atoms in total. The zero-order valence-corrected chi connectivity index (χ0v) is 18.8. The highest BCUT2D eigenvalue weighted by molar-refractivity contribution is 6.04. The van der Waals surface area contributed by atoms with Gasteiger partial charge in [-0.25, -0.2) is 9.18 Å². The van der Waals surface area contributed by atoms with Crippen LogP contribution in [0.25, 0.3) is 0 Å². The van der Waals surface area contributed by atoms with E-state index < -0.39 is 11.9 Å². The molecule has 0 unspecified atom stereocenters. The van der Waals surface area contributed by atoms with Gasteiger partial charge >= 0.3 is 5.97 Å². The number of esters is 1. The zero-order valence-electron chi connectivity index (χ0n) is 18.8. The second-order valence-corrected chi connectivity index (χ2v) is 9.29. The number of Topliss-reactive ketones (excluding diaryl/α,β-unsaturated/α-hetero) is 1. The highest BCUT2D eigenvalue weighted by Crippen LogP contribution is 2.46. The van der Waals surface area contributed by atoms with E-state index in [0.717, 1.165) is 36.9 Å². The van der Waals surface area contributed by atoms with Crippen LogP contribution in [0.5, 0.6) is 0 Å². The van der Waals surface area contributed by atoms with Crippen molar-refractivity contribution in [1.82, 2.24) is 5.32 Å². The molecule has 5 rings (SSSR count). The molecule has 2 atom stereocenters. The van der Waals surface area contributed by atoms with Crippen molar-refractivity contribution in [2.75, 3.05) is 0 Å². The maximum Gasteiger partial charge on any atom is 0.337 e. The number of nitrogens with one attached hydrogen (secondary N) is 1. The summed E-state index contributed by atoms with van der Waals surface area (Å²) in [7, 11) is 0. The molecule has 0 spiro atoms. The Hall–Kier alpha value is -3.21. The largest absolute Gasteiger partial charge is 0.459 e. The van der Waals surface area contributed by atoms with Crippen LogP contribution in [-0.2, 0) is 14.3 Å². The van der Waals surface area contributed by atoms with Crippen molar-refractivity contribution in [3.05, 3.63) is 94.1 Å². The fourth-order valence-corrected chi connectivity index (χ4v) is 5.51. The summed E-state index contributed by atoms with van der Waals surface area (Å²) in [5, 5.41) is 3.36. The molecule has 1 N–H and O–H groups in total. The van der Waals surface area contributed by atoms with Gasteiger partial charge in [-0.15, -0.1) is 0 Å². The van der Waals surface area contributed by atoms with Crippen LogP contribution in [0, 0.1) is 5.82 Å². The number of hydrogen-bond donors (Lipinski definition) is 1. The Morgan fingerprint density at radius 1 is 1.00 bits per heavy atom. The van der Waals surface area contributed by atoms with Crippen molar-refractivity contribution in [2.45, 2.75) is 63.4 Å². The van der Waals surface area contributed by atoms with Crippen LogP contribution in [0.15, 0.2) is 77.1 Å². The van der Waals surface area contributed by atoms with Crippen molar-refractivity contribution in [2.24, 2.45) is 0 Å². The Bertz CT molecular complexity index is 1140. The van der Waals surface area contributed by atoms with E-state index in [1.54, 1.807) is 12.1 Å². The van der Waals surface area contributed by atoms with E-state index in [9.17, 15) is 14.0 Å². The van der Waals surface area contributed by atoms with Gasteiger partial charge in [0.1, 0.15) is 11.9 Å². The predicted octanol–water partition coefficient (Wildman–Crippen LogP) is 5.67. The van der Waals surface area contributed by atoms with Gasteiger partial charge in [-0.2, -0.15) is 0 Å². The Morgan fingerprint density at radius 2 is 1.73 bits per heavy atom.